The summed E-state index contributed by atoms with van der Waals surface area (Å²) in [4.78, 5) is 44.5. The number of hydrogen-bond donors (Lipinski definition) is 3. The zero-order chi connectivity index (χ0) is 23.5. The number of aromatic nitrogens is 2. The zero-order valence-electron chi connectivity index (χ0n) is 16.3. The molecule has 3 heterocycles. The molecule has 170 valence electrons. The van der Waals surface area contributed by atoms with Gasteiger partial charge in [-0.3, -0.25) is 9.59 Å². The van der Waals surface area contributed by atoms with E-state index in [1.807, 2.05) is 0 Å². The lowest BCUT2D eigenvalue weighted by Gasteiger charge is -2.29. The molecule has 0 bridgehead atoms. The van der Waals surface area contributed by atoms with E-state index >= 15 is 0 Å². The van der Waals surface area contributed by atoms with Crippen LogP contribution in [0.15, 0.2) is 35.1 Å². The van der Waals surface area contributed by atoms with Gasteiger partial charge < -0.3 is 20.6 Å². The number of nitrogens with one attached hydrogen (secondary N) is 2. The van der Waals surface area contributed by atoms with Crippen molar-refractivity contribution in [3.63, 3.8) is 0 Å². The standard InChI is InChI=1S/C19H17BrF3N5O4/c20-14-5-1-4-13(26-14)17(30)27-15-12(19(21,22)23)7-11(8-24-15)25-16(29)10-3-2-6-28(9-10)18(31)32/h1,4-5,7-8,10H,2-3,6,9H2,(H,25,29)(H,31,32)(H,24,27,30). The lowest BCUT2D eigenvalue weighted by Crippen LogP contribution is -2.43. The average Bonchev–Trinajstić information content (AvgIpc) is 2.74. The molecule has 32 heavy (non-hydrogen) atoms. The van der Waals surface area contributed by atoms with Gasteiger partial charge in [0.05, 0.1) is 17.8 Å². The summed E-state index contributed by atoms with van der Waals surface area (Å²) in [5, 5.41) is 13.5. The summed E-state index contributed by atoms with van der Waals surface area (Å²) in [6.45, 7) is 0.245. The molecule has 9 nitrogen and oxygen atoms in total. The fourth-order valence-electron chi connectivity index (χ4n) is 3.16. The molecule has 2 aromatic rings. The van der Waals surface area contributed by atoms with Crippen LogP contribution in [0.25, 0.3) is 0 Å². The first-order chi connectivity index (χ1) is 15.0. The van der Waals surface area contributed by atoms with Crippen molar-refractivity contribution in [1.82, 2.24) is 14.9 Å². The largest absolute Gasteiger partial charge is 0.465 e. The van der Waals surface area contributed by atoms with Crippen molar-refractivity contribution >= 4 is 45.3 Å². The number of rotatable bonds is 4. The Morgan fingerprint density at radius 3 is 2.62 bits per heavy atom. The number of carbonyl (C=O) groups excluding carboxylic acids is 2. The van der Waals surface area contributed by atoms with Crippen LogP contribution < -0.4 is 10.6 Å². The smallest absolute Gasteiger partial charge is 0.420 e. The molecule has 0 saturated carbocycles. The zero-order valence-corrected chi connectivity index (χ0v) is 17.9. The highest BCUT2D eigenvalue weighted by atomic mass is 79.9. The highest BCUT2D eigenvalue weighted by Crippen LogP contribution is 2.35. The number of hydrogen-bond acceptors (Lipinski definition) is 5. The Balaban J connectivity index is 1.78. The summed E-state index contributed by atoms with van der Waals surface area (Å²) in [6, 6.07) is 5.04. The molecule has 0 radical (unpaired) electrons. The van der Waals surface area contributed by atoms with E-state index in [4.69, 9.17) is 5.11 Å². The van der Waals surface area contributed by atoms with Gasteiger partial charge in [0.2, 0.25) is 5.91 Å². The van der Waals surface area contributed by atoms with Crippen LogP contribution in [0.1, 0.15) is 28.9 Å². The number of piperidine rings is 1. The average molecular weight is 516 g/mol. The molecule has 13 heteroatoms. The van der Waals surface area contributed by atoms with Crippen LogP contribution in [-0.4, -0.2) is 51.0 Å². The van der Waals surface area contributed by atoms with Crippen LogP contribution >= 0.6 is 15.9 Å². The van der Waals surface area contributed by atoms with Crippen LogP contribution in [0.3, 0.4) is 0 Å². The Labute approximate surface area is 188 Å². The molecule has 3 amide bonds. The van der Waals surface area contributed by atoms with Crippen LogP contribution in [0.4, 0.5) is 29.5 Å². The predicted molar refractivity (Wildman–Crippen MR) is 110 cm³/mol. The molecule has 3 rings (SSSR count). The number of alkyl halides is 3. The van der Waals surface area contributed by atoms with Gasteiger partial charge >= 0.3 is 12.3 Å². The molecule has 1 aliphatic rings. The van der Waals surface area contributed by atoms with Gasteiger partial charge in [0.25, 0.3) is 5.91 Å². The number of carboxylic acid groups (broad SMARTS) is 1. The molecular formula is C19H17BrF3N5O4. The van der Waals surface area contributed by atoms with Crippen molar-refractivity contribution in [3.8, 4) is 0 Å². The van der Waals surface area contributed by atoms with E-state index < -0.39 is 41.4 Å². The van der Waals surface area contributed by atoms with E-state index in [0.29, 0.717) is 30.1 Å². The van der Waals surface area contributed by atoms with Crippen molar-refractivity contribution in [3.05, 3.63) is 46.3 Å². The second kappa shape index (κ2) is 9.51. The van der Waals surface area contributed by atoms with Crippen molar-refractivity contribution in [2.24, 2.45) is 5.92 Å². The lowest BCUT2D eigenvalue weighted by molar-refractivity contribution is -0.137. The number of halogens is 4. The lowest BCUT2D eigenvalue weighted by atomic mass is 9.97. The fourth-order valence-corrected chi connectivity index (χ4v) is 3.51. The summed E-state index contributed by atoms with van der Waals surface area (Å²) in [5.41, 5.74) is -1.60. The molecule has 1 atom stereocenters. The first-order valence-corrected chi connectivity index (χ1v) is 10.1. The van der Waals surface area contributed by atoms with Crippen LogP contribution in [0, 0.1) is 5.92 Å². The molecule has 1 saturated heterocycles. The van der Waals surface area contributed by atoms with Crippen molar-refractivity contribution in [2.45, 2.75) is 19.0 Å². The third-order valence-electron chi connectivity index (χ3n) is 4.70. The predicted octanol–water partition coefficient (Wildman–Crippen LogP) is 3.84. The molecule has 1 unspecified atom stereocenters. The van der Waals surface area contributed by atoms with Crippen LogP contribution in [-0.2, 0) is 11.0 Å². The summed E-state index contributed by atoms with van der Waals surface area (Å²) < 4.78 is 41.1. The van der Waals surface area contributed by atoms with E-state index in [-0.39, 0.29) is 17.9 Å². The topological polar surface area (TPSA) is 125 Å². The first-order valence-electron chi connectivity index (χ1n) is 9.34. The van der Waals surface area contributed by atoms with Crippen molar-refractivity contribution in [1.29, 1.82) is 0 Å². The molecule has 0 spiro atoms. The van der Waals surface area contributed by atoms with E-state index in [0.717, 1.165) is 11.1 Å². The van der Waals surface area contributed by atoms with Gasteiger partial charge in [-0.2, -0.15) is 13.2 Å². The van der Waals surface area contributed by atoms with Gasteiger partial charge in [0, 0.05) is 13.1 Å². The fraction of sp³-hybridized carbons (Fsp3) is 0.316. The minimum atomic E-state index is -4.87. The number of anilines is 2. The van der Waals surface area contributed by atoms with Crippen molar-refractivity contribution in [2.75, 3.05) is 23.7 Å². The Kier molecular flexibility index (Phi) is 6.96. The maximum Gasteiger partial charge on any atom is 0.420 e. The maximum atomic E-state index is 13.6. The molecule has 3 N–H and O–H groups in total. The van der Waals surface area contributed by atoms with Gasteiger partial charge in [0.15, 0.2) is 0 Å². The van der Waals surface area contributed by atoms with Gasteiger partial charge in [-0.15, -0.1) is 0 Å². The quantitative estimate of drug-likeness (QED) is 0.531. The van der Waals surface area contributed by atoms with Crippen LogP contribution in [0.5, 0.6) is 0 Å². The minimum Gasteiger partial charge on any atom is -0.465 e. The van der Waals surface area contributed by atoms with Gasteiger partial charge in [-0.05, 0) is 47.0 Å². The third kappa shape index (κ3) is 5.72. The Morgan fingerprint density at radius 1 is 1.22 bits per heavy atom. The normalized spacial score (nSPS) is 16.4. The molecule has 0 aliphatic carbocycles. The molecule has 1 fully saturated rings. The molecule has 2 aromatic heterocycles. The Hall–Kier alpha value is -3.22. The van der Waals surface area contributed by atoms with Gasteiger partial charge in [-0.1, -0.05) is 6.07 Å². The van der Waals surface area contributed by atoms with E-state index in [1.54, 1.807) is 6.07 Å². The number of amides is 3. The maximum absolute atomic E-state index is 13.6. The highest BCUT2D eigenvalue weighted by Gasteiger charge is 2.36. The third-order valence-corrected chi connectivity index (χ3v) is 5.14. The minimum absolute atomic E-state index is 0.0471. The van der Waals surface area contributed by atoms with E-state index in [9.17, 15) is 27.6 Å². The summed E-state index contributed by atoms with van der Waals surface area (Å²) in [7, 11) is 0. The summed E-state index contributed by atoms with van der Waals surface area (Å²) in [5.74, 6) is -2.94. The molecular weight excluding hydrogens is 499 g/mol. The molecule has 1 aliphatic heterocycles. The van der Waals surface area contributed by atoms with Crippen LogP contribution in [0.2, 0.25) is 0 Å². The van der Waals surface area contributed by atoms with Crippen molar-refractivity contribution < 1.29 is 32.7 Å². The highest BCUT2D eigenvalue weighted by molar-refractivity contribution is 9.10. The van der Waals surface area contributed by atoms with Gasteiger partial charge in [-0.25, -0.2) is 14.8 Å². The monoisotopic (exact) mass is 515 g/mol. The number of carbonyl (C=O) groups is 3. The SMILES string of the molecule is O=C(Nc1ncc(NC(=O)C2CCCN(C(=O)O)C2)cc1C(F)(F)F)c1cccc(Br)n1. The van der Waals surface area contributed by atoms with Gasteiger partial charge in [0.1, 0.15) is 21.7 Å². The van der Waals surface area contributed by atoms with E-state index in [2.05, 4.69) is 36.5 Å². The summed E-state index contributed by atoms with van der Waals surface area (Å²) >= 11 is 3.08. The number of pyridine rings is 2. The Bertz CT molecular complexity index is 1050. The number of nitrogens with zero attached hydrogens (tertiary/aromatic N) is 3. The summed E-state index contributed by atoms with van der Waals surface area (Å²) in [6.07, 6.45) is -4.18. The number of likely N-dealkylation sites (tertiary alicyclic amines) is 1. The second-order valence-electron chi connectivity index (χ2n) is 6.97. The Morgan fingerprint density at radius 2 is 1.97 bits per heavy atom. The second-order valence-corrected chi connectivity index (χ2v) is 7.79. The molecule has 0 aromatic carbocycles. The first kappa shape index (κ1) is 23.4. The van der Waals surface area contributed by atoms with E-state index in [1.165, 1.54) is 12.1 Å².